The van der Waals surface area contributed by atoms with Crippen molar-refractivity contribution in [3.05, 3.63) is 23.4 Å². The summed E-state index contributed by atoms with van der Waals surface area (Å²) in [5.41, 5.74) is 0. The summed E-state index contributed by atoms with van der Waals surface area (Å²) < 4.78 is 22.3. The van der Waals surface area contributed by atoms with Crippen molar-refractivity contribution in [1.82, 2.24) is 4.98 Å². The van der Waals surface area contributed by atoms with Crippen LogP contribution >= 0.6 is 22.3 Å². The molecule has 1 aromatic rings. The number of anilines is 1. The van der Waals surface area contributed by atoms with Gasteiger partial charge in [0.2, 0.25) is 15.0 Å². The predicted molar refractivity (Wildman–Crippen MR) is 64.8 cm³/mol. The normalized spacial score (nSPS) is 20.9. The van der Waals surface area contributed by atoms with Crippen LogP contribution in [0.4, 0.5) is 5.82 Å². The lowest BCUT2D eigenvalue weighted by molar-refractivity contribution is -0.117. The van der Waals surface area contributed by atoms with Gasteiger partial charge in [0.25, 0.3) is 0 Å². The van der Waals surface area contributed by atoms with Gasteiger partial charge in [-0.1, -0.05) is 17.7 Å². The molecule has 0 saturated carbocycles. The molecule has 5 nitrogen and oxygen atoms in total. The molecule has 2 rings (SSSR count). The molecule has 0 bridgehead atoms. The van der Waals surface area contributed by atoms with Gasteiger partial charge in [-0.3, -0.25) is 9.69 Å². The summed E-state index contributed by atoms with van der Waals surface area (Å²) in [6.45, 7) is 0.0119. The Morgan fingerprint density at radius 3 is 2.65 bits per heavy atom. The molecule has 1 aromatic heterocycles. The van der Waals surface area contributed by atoms with E-state index in [1.807, 2.05) is 0 Å². The summed E-state index contributed by atoms with van der Waals surface area (Å²) in [5.74, 6) is 0.0132. The van der Waals surface area contributed by atoms with Crippen molar-refractivity contribution in [2.45, 2.75) is 11.7 Å². The first kappa shape index (κ1) is 12.6. The van der Waals surface area contributed by atoms with E-state index in [1.54, 1.807) is 18.2 Å². The summed E-state index contributed by atoms with van der Waals surface area (Å²) in [6.07, 6.45) is -0.125. The van der Waals surface area contributed by atoms with Gasteiger partial charge in [-0.2, -0.15) is 0 Å². The fourth-order valence-electron chi connectivity index (χ4n) is 1.63. The molecular formula is C9H8Cl2N2O3S. The van der Waals surface area contributed by atoms with Gasteiger partial charge in [0.15, 0.2) is 0 Å². The van der Waals surface area contributed by atoms with Gasteiger partial charge in [0, 0.05) is 23.6 Å². The second kappa shape index (κ2) is 4.44. The lowest BCUT2D eigenvalue weighted by atomic mass is 10.4. The Labute approximate surface area is 108 Å². The van der Waals surface area contributed by atoms with Crippen LogP contribution in [-0.4, -0.2) is 31.1 Å². The Hall–Kier alpha value is -0.850. The van der Waals surface area contributed by atoms with Crippen molar-refractivity contribution >= 4 is 43.1 Å². The summed E-state index contributed by atoms with van der Waals surface area (Å²) in [7, 11) is 1.50. The Kier molecular flexibility index (Phi) is 3.29. The quantitative estimate of drug-likeness (QED) is 0.611. The van der Waals surface area contributed by atoms with Crippen LogP contribution in [-0.2, 0) is 13.8 Å². The number of hydrogen-bond donors (Lipinski definition) is 0. The zero-order chi connectivity index (χ0) is 12.6. The number of hydrogen-bond acceptors (Lipinski definition) is 4. The molecule has 1 atom stereocenters. The Morgan fingerprint density at radius 2 is 2.12 bits per heavy atom. The van der Waals surface area contributed by atoms with E-state index in [2.05, 4.69) is 4.98 Å². The maximum Gasteiger partial charge on any atom is 0.237 e. The van der Waals surface area contributed by atoms with Crippen LogP contribution in [0.2, 0.25) is 5.15 Å². The average molecular weight is 295 g/mol. The minimum absolute atomic E-state index is 0.0119. The predicted octanol–water partition coefficient (Wildman–Crippen LogP) is 1.41. The van der Waals surface area contributed by atoms with E-state index >= 15 is 0 Å². The van der Waals surface area contributed by atoms with Crippen molar-refractivity contribution in [3.8, 4) is 0 Å². The molecule has 0 N–H and O–H groups in total. The van der Waals surface area contributed by atoms with Crippen LogP contribution in [0.15, 0.2) is 18.2 Å². The van der Waals surface area contributed by atoms with Gasteiger partial charge in [-0.25, -0.2) is 13.4 Å². The third-order valence-corrected chi connectivity index (χ3v) is 4.54. The van der Waals surface area contributed by atoms with Gasteiger partial charge in [0.1, 0.15) is 16.2 Å². The van der Waals surface area contributed by atoms with Gasteiger partial charge >= 0.3 is 0 Å². The van der Waals surface area contributed by atoms with Crippen LogP contribution in [0.25, 0.3) is 0 Å². The first-order chi connectivity index (χ1) is 7.88. The van der Waals surface area contributed by atoms with E-state index in [1.165, 1.54) is 4.90 Å². The largest absolute Gasteiger partial charge is 0.295 e. The van der Waals surface area contributed by atoms with E-state index in [0.717, 1.165) is 0 Å². The van der Waals surface area contributed by atoms with Crippen LogP contribution in [0.1, 0.15) is 6.42 Å². The number of pyridine rings is 1. The van der Waals surface area contributed by atoms with Crippen molar-refractivity contribution in [2.24, 2.45) is 0 Å². The van der Waals surface area contributed by atoms with Gasteiger partial charge in [-0.15, -0.1) is 0 Å². The number of nitrogens with zero attached hydrogens (tertiary/aromatic N) is 2. The fourth-order valence-corrected chi connectivity index (χ4v) is 2.82. The topological polar surface area (TPSA) is 67.3 Å². The van der Waals surface area contributed by atoms with Gasteiger partial charge in [0.05, 0.1) is 0 Å². The van der Waals surface area contributed by atoms with E-state index in [0.29, 0.717) is 5.82 Å². The third kappa shape index (κ3) is 2.70. The minimum Gasteiger partial charge on any atom is -0.295 e. The smallest absolute Gasteiger partial charge is 0.237 e. The highest BCUT2D eigenvalue weighted by molar-refractivity contribution is 8.14. The molecule has 1 aliphatic heterocycles. The highest BCUT2D eigenvalue weighted by atomic mass is 35.7. The number of amides is 1. The lowest BCUT2D eigenvalue weighted by Gasteiger charge is -2.14. The van der Waals surface area contributed by atoms with Crippen LogP contribution in [0.3, 0.4) is 0 Å². The third-order valence-electron chi connectivity index (χ3n) is 2.46. The molecule has 1 unspecified atom stereocenters. The molecule has 1 amide bonds. The Balaban J connectivity index is 2.28. The standard InChI is InChI=1S/C9H8Cl2N2O3S/c10-7-2-1-3-8(12-7)13-5-6(4-9(13)14)17(11,15)16/h1-3,6H,4-5H2. The summed E-state index contributed by atoms with van der Waals surface area (Å²) in [6, 6.07) is 4.80. The molecule has 0 aliphatic carbocycles. The summed E-state index contributed by atoms with van der Waals surface area (Å²) in [4.78, 5) is 16.9. The molecule has 0 spiro atoms. The molecular weight excluding hydrogens is 287 g/mol. The monoisotopic (exact) mass is 294 g/mol. The van der Waals surface area contributed by atoms with E-state index < -0.39 is 14.3 Å². The van der Waals surface area contributed by atoms with Crippen LogP contribution in [0, 0.1) is 0 Å². The molecule has 92 valence electrons. The highest BCUT2D eigenvalue weighted by Gasteiger charge is 2.38. The van der Waals surface area contributed by atoms with Crippen molar-refractivity contribution < 1.29 is 13.2 Å². The van der Waals surface area contributed by atoms with Crippen LogP contribution in [0.5, 0.6) is 0 Å². The molecule has 1 saturated heterocycles. The number of halogens is 2. The summed E-state index contributed by atoms with van der Waals surface area (Å²) in [5, 5.41) is -0.648. The van der Waals surface area contributed by atoms with E-state index in [9.17, 15) is 13.2 Å². The lowest BCUT2D eigenvalue weighted by Crippen LogP contribution is -2.27. The van der Waals surface area contributed by atoms with Crippen molar-refractivity contribution in [3.63, 3.8) is 0 Å². The SMILES string of the molecule is O=C1CC(S(=O)(=O)Cl)CN1c1cccc(Cl)n1. The summed E-state index contributed by atoms with van der Waals surface area (Å²) >= 11 is 5.70. The maximum absolute atomic E-state index is 11.7. The first-order valence-corrected chi connectivity index (χ1v) is 7.49. The fraction of sp³-hybridized carbons (Fsp3) is 0.333. The number of rotatable bonds is 2. The molecule has 0 radical (unpaired) electrons. The van der Waals surface area contributed by atoms with Gasteiger partial charge in [-0.05, 0) is 12.1 Å². The number of carbonyl (C=O) groups is 1. The average Bonchev–Trinajstić information content (AvgIpc) is 2.60. The molecule has 0 aromatic carbocycles. The van der Waals surface area contributed by atoms with E-state index in [4.69, 9.17) is 22.3 Å². The van der Waals surface area contributed by atoms with Gasteiger partial charge < -0.3 is 0 Å². The second-order valence-electron chi connectivity index (χ2n) is 3.62. The Bertz CT molecular complexity index is 561. The molecule has 2 heterocycles. The zero-order valence-electron chi connectivity index (χ0n) is 8.51. The second-order valence-corrected chi connectivity index (χ2v) is 6.92. The first-order valence-electron chi connectivity index (χ1n) is 4.74. The van der Waals surface area contributed by atoms with Crippen LogP contribution < -0.4 is 4.90 Å². The maximum atomic E-state index is 11.7. The minimum atomic E-state index is -3.74. The molecule has 17 heavy (non-hydrogen) atoms. The number of carbonyl (C=O) groups excluding carboxylic acids is 1. The van der Waals surface area contributed by atoms with Crippen molar-refractivity contribution in [2.75, 3.05) is 11.4 Å². The van der Waals surface area contributed by atoms with E-state index in [-0.39, 0.29) is 24.0 Å². The van der Waals surface area contributed by atoms with Crippen molar-refractivity contribution in [1.29, 1.82) is 0 Å². The molecule has 1 aliphatic rings. The molecule has 8 heteroatoms. The zero-order valence-corrected chi connectivity index (χ0v) is 10.8. The highest BCUT2D eigenvalue weighted by Crippen LogP contribution is 2.26. The number of aromatic nitrogens is 1. The molecule has 1 fully saturated rings. The Morgan fingerprint density at radius 1 is 1.41 bits per heavy atom.